The Morgan fingerprint density at radius 1 is 1.29 bits per heavy atom. The first kappa shape index (κ1) is 14.0. The fourth-order valence-electron chi connectivity index (χ4n) is 2.22. The topological polar surface area (TPSA) is 29.3 Å². The molecule has 0 heterocycles. The Bertz CT molecular complexity index is 345. The number of rotatable bonds is 6. The lowest BCUT2D eigenvalue weighted by Gasteiger charge is -2.29. The van der Waals surface area contributed by atoms with Crippen LogP contribution in [-0.2, 0) is 6.42 Å². The van der Waals surface area contributed by atoms with Gasteiger partial charge in [-0.2, -0.15) is 0 Å². The maximum absolute atomic E-state index is 5.61. The lowest BCUT2D eigenvalue weighted by molar-refractivity contribution is 0.671. The second kappa shape index (κ2) is 6.65. The highest BCUT2D eigenvalue weighted by molar-refractivity contribution is 5.51. The molecule has 1 aromatic carbocycles. The molecule has 17 heavy (non-hydrogen) atoms. The maximum atomic E-state index is 5.61. The van der Waals surface area contributed by atoms with Gasteiger partial charge in [0, 0.05) is 18.3 Å². The second-order valence-electron chi connectivity index (χ2n) is 4.94. The molecular weight excluding hydrogens is 208 g/mol. The van der Waals surface area contributed by atoms with E-state index in [4.69, 9.17) is 5.73 Å². The zero-order chi connectivity index (χ0) is 12.8. The summed E-state index contributed by atoms with van der Waals surface area (Å²) in [6.45, 7) is 10.7. The van der Waals surface area contributed by atoms with E-state index in [2.05, 4.69) is 50.8 Å². The van der Waals surface area contributed by atoms with Gasteiger partial charge < -0.3 is 10.6 Å². The van der Waals surface area contributed by atoms with Gasteiger partial charge in [0.2, 0.25) is 0 Å². The highest BCUT2D eigenvalue weighted by atomic mass is 15.1. The van der Waals surface area contributed by atoms with E-state index >= 15 is 0 Å². The minimum atomic E-state index is 0.551. The second-order valence-corrected chi connectivity index (χ2v) is 4.94. The van der Waals surface area contributed by atoms with Crippen molar-refractivity contribution in [3.05, 3.63) is 29.3 Å². The summed E-state index contributed by atoms with van der Waals surface area (Å²) in [5.74, 6) is 0. The van der Waals surface area contributed by atoms with Gasteiger partial charge in [-0.05, 0) is 63.4 Å². The van der Waals surface area contributed by atoms with E-state index in [9.17, 15) is 0 Å². The van der Waals surface area contributed by atoms with E-state index in [-0.39, 0.29) is 0 Å². The summed E-state index contributed by atoms with van der Waals surface area (Å²) >= 11 is 0. The molecule has 1 aromatic rings. The first-order valence-electron chi connectivity index (χ1n) is 6.66. The predicted molar refractivity (Wildman–Crippen MR) is 76.7 cm³/mol. The average Bonchev–Trinajstić information content (AvgIpc) is 2.28. The third-order valence-electron chi connectivity index (χ3n) is 3.16. The number of nitrogens with two attached hydrogens (primary N) is 1. The molecule has 2 N–H and O–H groups in total. The normalized spacial score (nSPS) is 10.9. The van der Waals surface area contributed by atoms with E-state index in [1.165, 1.54) is 23.2 Å². The summed E-state index contributed by atoms with van der Waals surface area (Å²) < 4.78 is 0. The summed E-state index contributed by atoms with van der Waals surface area (Å²) in [5.41, 5.74) is 9.67. The summed E-state index contributed by atoms with van der Waals surface area (Å²) in [6, 6.07) is 7.30. The van der Waals surface area contributed by atoms with Crippen LogP contribution >= 0.6 is 0 Å². The minimum Gasteiger partial charge on any atom is -0.369 e. The van der Waals surface area contributed by atoms with Crippen molar-refractivity contribution in [2.75, 3.05) is 18.0 Å². The molecule has 0 saturated heterocycles. The molecular formula is C15H26N2. The third-order valence-corrected chi connectivity index (χ3v) is 3.16. The standard InChI is InChI=1S/C15H26N2/c1-5-10-17(12(2)3)15-7-6-14(8-9-16)13(4)11-15/h6-7,11-12H,5,8-10,16H2,1-4H3. The molecule has 0 bridgehead atoms. The number of anilines is 1. The Balaban J connectivity index is 2.93. The van der Waals surface area contributed by atoms with E-state index in [1.54, 1.807) is 0 Å². The van der Waals surface area contributed by atoms with Crippen LogP contribution in [0.4, 0.5) is 5.69 Å². The van der Waals surface area contributed by atoms with Crippen LogP contribution in [0.15, 0.2) is 18.2 Å². The van der Waals surface area contributed by atoms with Gasteiger partial charge in [-0.25, -0.2) is 0 Å². The minimum absolute atomic E-state index is 0.551. The van der Waals surface area contributed by atoms with Crippen LogP contribution in [0, 0.1) is 6.92 Å². The SMILES string of the molecule is CCCN(c1ccc(CCN)c(C)c1)C(C)C. The zero-order valence-electron chi connectivity index (χ0n) is 11.7. The number of benzene rings is 1. The first-order valence-corrected chi connectivity index (χ1v) is 6.66. The van der Waals surface area contributed by atoms with Crippen LogP contribution in [-0.4, -0.2) is 19.1 Å². The molecule has 0 fully saturated rings. The van der Waals surface area contributed by atoms with Gasteiger partial charge in [-0.1, -0.05) is 13.0 Å². The molecule has 0 atom stereocenters. The van der Waals surface area contributed by atoms with Gasteiger partial charge in [-0.3, -0.25) is 0 Å². The maximum Gasteiger partial charge on any atom is 0.0371 e. The van der Waals surface area contributed by atoms with Crippen LogP contribution < -0.4 is 10.6 Å². The van der Waals surface area contributed by atoms with Gasteiger partial charge in [0.05, 0.1) is 0 Å². The quantitative estimate of drug-likeness (QED) is 0.819. The van der Waals surface area contributed by atoms with Crippen LogP contribution in [0.5, 0.6) is 0 Å². The Morgan fingerprint density at radius 3 is 2.47 bits per heavy atom. The van der Waals surface area contributed by atoms with E-state index in [1.807, 2.05) is 0 Å². The zero-order valence-corrected chi connectivity index (χ0v) is 11.7. The van der Waals surface area contributed by atoms with Crippen molar-refractivity contribution in [1.29, 1.82) is 0 Å². The molecule has 0 aliphatic heterocycles. The Kier molecular flexibility index (Phi) is 5.49. The van der Waals surface area contributed by atoms with Crippen LogP contribution in [0.2, 0.25) is 0 Å². The first-order chi connectivity index (χ1) is 8.10. The van der Waals surface area contributed by atoms with Crippen molar-refractivity contribution in [3.63, 3.8) is 0 Å². The van der Waals surface area contributed by atoms with E-state index in [0.717, 1.165) is 19.5 Å². The van der Waals surface area contributed by atoms with Gasteiger partial charge in [-0.15, -0.1) is 0 Å². The molecule has 2 heteroatoms. The molecule has 1 rings (SSSR count). The fraction of sp³-hybridized carbons (Fsp3) is 0.600. The molecule has 0 radical (unpaired) electrons. The molecule has 0 unspecified atom stereocenters. The molecule has 0 aliphatic carbocycles. The van der Waals surface area contributed by atoms with Gasteiger partial charge in [0.25, 0.3) is 0 Å². The molecule has 0 aromatic heterocycles. The predicted octanol–water partition coefficient (Wildman–Crippen LogP) is 3.12. The van der Waals surface area contributed by atoms with Crippen LogP contribution in [0.3, 0.4) is 0 Å². The Morgan fingerprint density at radius 2 is 2.00 bits per heavy atom. The monoisotopic (exact) mass is 234 g/mol. The van der Waals surface area contributed by atoms with Crippen molar-refractivity contribution in [3.8, 4) is 0 Å². The summed E-state index contributed by atoms with van der Waals surface area (Å²) in [7, 11) is 0. The molecule has 0 saturated carbocycles. The number of hydrogen-bond donors (Lipinski definition) is 1. The number of aryl methyl sites for hydroxylation is 1. The van der Waals surface area contributed by atoms with Crippen molar-refractivity contribution < 1.29 is 0 Å². The molecule has 2 nitrogen and oxygen atoms in total. The van der Waals surface area contributed by atoms with Gasteiger partial charge in [0.15, 0.2) is 0 Å². The highest BCUT2D eigenvalue weighted by Gasteiger charge is 2.10. The Hall–Kier alpha value is -1.02. The fourth-order valence-corrected chi connectivity index (χ4v) is 2.22. The molecule has 96 valence electrons. The Labute approximate surface area is 106 Å². The molecule has 0 amide bonds. The van der Waals surface area contributed by atoms with Gasteiger partial charge in [0.1, 0.15) is 0 Å². The third kappa shape index (κ3) is 3.74. The van der Waals surface area contributed by atoms with Crippen molar-refractivity contribution >= 4 is 5.69 Å². The van der Waals surface area contributed by atoms with Gasteiger partial charge >= 0.3 is 0 Å². The summed E-state index contributed by atoms with van der Waals surface area (Å²) in [6.07, 6.45) is 2.16. The summed E-state index contributed by atoms with van der Waals surface area (Å²) in [4.78, 5) is 2.46. The lowest BCUT2D eigenvalue weighted by atomic mass is 10.0. The van der Waals surface area contributed by atoms with Crippen LogP contribution in [0.25, 0.3) is 0 Å². The summed E-state index contributed by atoms with van der Waals surface area (Å²) in [5, 5.41) is 0. The van der Waals surface area contributed by atoms with Crippen LogP contribution in [0.1, 0.15) is 38.3 Å². The van der Waals surface area contributed by atoms with Crippen molar-refractivity contribution in [2.45, 2.75) is 46.6 Å². The van der Waals surface area contributed by atoms with E-state index < -0.39 is 0 Å². The molecule has 0 spiro atoms. The van der Waals surface area contributed by atoms with Crippen molar-refractivity contribution in [1.82, 2.24) is 0 Å². The number of nitrogens with zero attached hydrogens (tertiary/aromatic N) is 1. The lowest BCUT2D eigenvalue weighted by Crippen LogP contribution is -2.31. The molecule has 0 aliphatic rings. The largest absolute Gasteiger partial charge is 0.369 e. The number of hydrogen-bond acceptors (Lipinski definition) is 2. The smallest absolute Gasteiger partial charge is 0.0371 e. The highest BCUT2D eigenvalue weighted by Crippen LogP contribution is 2.21. The average molecular weight is 234 g/mol. The van der Waals surface area contributed by atoms with Crippen molar-refractivity contribution in [2.24, 2.45) is 5.73 Å². The van der Waals surface area contributed by atoms with E-state index in [0.29, 0.717) is 6.04 Å².